The van der Waals surface area contributed by atoms with Gasteiger partial charge in [0.05, 0.1) is 16.3 Å². The fourth-order valence-corrected chi connectivity index (χ4v) is 3.60. The summed E-state index contributed by atoms with van der Waals surface area (Å²) in [6.45, 7) is 6.33. The number of carbonyl (C=O) groups excluding carboxylic acids is 1. The summed E-state index contributed by atoms with van der Waals surface area (Å²) in [5.74, 6) is -0.542. The molecular formula is C21H22ClFN2O4S. The first-order chi connectivity index (χ1) is 14.0. The van der Waals surface area contributed by atoms with Crippen molar-refractivity contribution in [3.8, 4) is 0 Å². The van der Waals surface area contributed by atoms with Crippen molar-refractivity contribution >= 4 is 39.5 Å². The van der Waals surface area contributed by atoms with Crippen molar-refractivity contribution in [1.29, 1.82) is 0 Å². The van der Waals surface area contributed by atoms with Crippen molar-refractivity contribution in [2.45, 2.75) is 32.6 Å². The van der Waals surface area contributed by atoms with Crippen LogP contribution in [0.15, 0.2) is 57.7 Å². The van der Waals surface area contributed by atoms with E-state index in [9.17, 15) is 17.6 Å². The van der Waals surface area contributed by atoms with E-state index in [4.69, 9.17) is 15.8 Å². The lowest BCUT2D eigenvalue weighted by Gasteiger charge is -2.21. The minimum absolute atomic E-state index is 0.0141. The molecule has 0 unspecified atom stereocenters. The Balaban J connectivity index is 2.43. The molecule has 2 rings (SSSR count). The predicted molar refractivity (Wildman–Crippen MR) is 116 cm³/mol. The molecule has 0 aliphatic heterocycles. The van der Waals surface area contributed by atoms with E-state index in [1.54, 1.807) is 33.0 Å². The third-order valence-corrected chi connectivity index (χ3v) is 6.13. The Morgan fingerprint density at radius 3 is 2.30 bits per heavy atom. The molecule has 2 aromatic carbocycles. The van der Waals surface area contributed by atoms with Gasteiger partial charge < -0.3 is 9.08 Å². The summed E-state index contributed by atoms with van der Waals surface area (Å²) >= 11 is 6.23. The molecule has 6 nitrogen and oxygen atoms in total. The maximum atomic E-state index is 13.7. The molecule has 0 spiro atoms. The van der Waals surface area contributed by atoms with E-state index in [0.29, 0.717) is 12.0 Å². The van der Waals surface area contributed by atoms with Crippen LogP contribution in [0.25, 0.3) is 0 Å². The molecule has 30 heavy (non-hydrogen) atoms. The van der Waals surface area contributed by atoms with Crippen molar-refractivity contribution < 1.29 is 21.8 Å². The Bertz CT molecular complexity index is 1130. The number of aliphatic imine (C=N–C) groups is 1. The van der Waals surface area contributed by atoms with E-state index in [0.717, 1.165) is 5.56 Å². The second-order valence-corrected chi connectivity index (χ2v) is 8.60. The highest BCUT2D eigenvalue weighted by molar-refractivity contribution is 7.86. The summed E-state index contributed by atoms with van der Waals surface area (Å²) < 4.78 is 44.1. The first-order valence-corrected chi connectivity index (χ1v) is 10.7. The van der Waals surface area contributed by atoms with Crippen LogP contribution in [0.2, 0.25) is 5.02 Å². The number of benzene rings is 2. The fraction of sp³-hybridized carbons (Fsp3) is 0.238. The third-order valence-electron chi connectivity index (χ3n) is 4.42. The molecule has 0 aromatic heterocycles. The van der Waals surface area contributed by atoms with Gasteiger partial charge in [-0.2, -0.15) is 13.4 Å². The number of halogens is 2. The zero-order valence-electron chi connectivity index (χ0n) is 17.2. The number of anilines is 1. The van der Waals surface area contributed by atoms with Crippen LogP contribution in [0.1, 0.15) is 25.0 Å². The van der Waals surface area contributed by atoms with Crippen LogP contribution >= 0.6 is 11.6 Å². The first kappa shape index (κ1) is 23.6. The summed E-state index contributed by atoms with van der Waals surface area (Å²) in [5, 5.41) is 0.192. The molecule has 0 fully saturated rings. The van der Waals surface area contributed by atoms with Gasteiger partial charge in [-0.3, -0.25) is 4.79 Å². The van der Waals surface area contributed by atoms with Gasteiger partial charge >= 0.3 is 10.1 Å². The van der Waals surface area contributed by atoms with Crippen LogP contribution in [-0.2, 0) is 19.1 Å². The molecule has 2 aromatic rings. The number of nitrogens with zero attached hydrogens (tertiary/aromatic N) is 2. The maximum Gasteiger partial charge on any atom is 0.340 e. The molecule has 9 heteroatoms. The van der Waals surface area contributed by atoms with Gasteiger partial charge in [-0.05, 0) is 52.0 Å². The lowest BCUT2D eigenvalue weighted by molar-refractivity contribution is -0.105. The van der Waals surface area contributed by atoms with Crippen LogP contribution in [0.3, 0.4) is 0 Å². The average molecular weight is 453 g/mol. The molecule has 0 radical (unpaired) electrons. The number of rotatable bonds is 6. The zero-order valence-corrected chi connectivity index (χ0v) is 18.8. The Kier molecular flexibility index (Phi) is 7.39. The summed E-state index contributed by atoms with van der Waals surface area (Å²) in [6.07, 6.45) is 0.450. The van der Waals surface area contributed by atoms with Crippen LogP contribution in [0.4, 0.5) is 10.1 Å². The first-order valence-electron chi connectivity index (χ1n) is 8.88. The minimum atomic E-state index is -4.21. The molecule has 0 saturated carbocycles. The van der Waals surface area contributed by atoms with Crippen LogP contribution in [0.5, 0.6) is 0 Å². The van der Waals surface area contributed by atoms with Gasteiger partial charge in [-0.25, -0.2) is 4.39 Å². The van der Waals surface area contributed by atoms with Gasteiger partial charge in [0.15, 0.2) is 6.29 Å². The van der Waals surface area contributed by atoms with Crippen molar-refractivity contribution in [3.05, 3.63) is 69.8 Å². The molecule has 0 N–H and O–H groups in total. The molecular weight excluding hydrogens is 431 g/mol. The van der Waals surface area contributed by atoms with Gasteiger partial charge in [-0.1, -0.05) is 29.3 Å². The Morgan fingerprint density at radius 1 is 1.13 bits per heavy atom. The Hall–Kier alpha value is -2.71. The summed E-state index contributed by atoms with van der Waals surface area (Å²) in [7, 11) is -2.58. The highest BCUT2D eigenvalue weighted by atomic mass is 35.5. The van der Waals surface area contributed by atoms with Gasteiger partial charge in [0.2, 0.25) is 5.88 Å². The lowest BCUT2D eigenvalue weighted by atomic mass is 10.2. The second kappa shape index (κ2) is 9.40. The SMILES string of the molecule is CC(=N/C(OS(=O)(=O)c1ccc(C)cc1)=C(/C)C=O)N(C)c1ccc(F)c(C)c1Cl. The van der Waals surface area contributed by atoms with Gasteiger partial charge in [0.1, 0.15) is 16.5 Å². The number of amidine groups is 1. The summed E-state index contributed by atoms with van der Waals surface area (Å²) in [5.41, 5.74) is 1.60. The van der Waals surface area contributed by atoms with E-state index in [2.05, 4.69) is 4.99 Å². The number of carbonyl (C=O) groups is 1. The Labute approximate surface area is 180 Å². The van der Waals surface area contributed by atoms with Gasteiger partial charge in [0, 0.05) is 12.6 Å². The normalized spacial score (nSPS) is 13.0. The third kappa shape index (κ3) is 5.25. The van der Waals surface area contributed by atoms with Crippen molar-refractivity contribution in [2.75, 3.05) is 11.9 Å². The largest absolute Gasteiger partial charge is 0.358 e. The van der Waals surface area contributed by atoms with E-state index >= 15 is 0 Å². The highest BCUT2D eigenvalue weighted by Gasteiger charge is 2.21. The van der Waals surface area contributed by atoms with Crippen molar-refractivity contribution in [3.63, 3.8) is 0 Å². The quantitative estimate of drug-likeness (QED) is 0.157. The number of hydrogen-bond acceptors (Lipinski definition) is 5. The monoisotopic (exact) mass is 452 g/mol. The standard InChI is InChI=1S/C21H22ClFN2O4S/c1-13-6-8-17(9-7-13)30(27,28)29-21(14(2)12-26)24-16(4)25(5)19-11-10-18(23)15(3)20(19)22/h6-12H,1-5H3/b21-14+,24-16?. The number of aldehydes is 1. The molecule has 0 bridgehead atoms. The lowest BCUT2D eigenvalue weighted by Crippen LogP contribution is -2.24. The fourth-order valence-electron chi connectivity index (χ4n) is 2.38. The predicted octanol–water partition coefficient (Wildman–Crippen LogP) is 4.79. The molecule has 0 aliphatic carbocycles. The zero-order chi connectivity index (χ0) is 22.6. The molecule has 160 valence electrons. The topological polar surface area (TPSA) is 76.0 Å². The minimum Gasteiger partial charge on any atom is -0.358 e. The van der Waals surface area contributed by atoms with E-state index in [1.807, 2.05) is 6.92 Å². The second-order valence-electron chi connectivity index (χ2n) is 6.68. The number of aryl methyl sites for hydroxylation is 1. The van der Waals surface area contributed by atoms with Crippen LogP contribution < -0.4 is 4.90 Å². The van der Waals surface area contributed by atoms with Crippen molar-refractivity contribution in [1.82, 2.24) is 0 Å². The van der Waals surface area contributed by atoms with Crippen LogP contribution in [-0.4, -0.2) is 27.6 Å². The molecule has 0 aliphatic rings. The van der Waals surface area contributed by atoms with Crippen LogP contribution in [0, 0.1) is 19.7 Å². The number of allylic oxidation sites excluding steroid dienone is 1. The van der Waals surface area contributed by atoms with E-state index in [-0.39, 0.29) is 32.8 Å². The molecule has 0 saturated heterocycles. The highest BCUT2D eigenvalue weighted by Crippen LogP contribution is 2.30. The maximum absolute atomic E-state index is 13.7. The molecule has 0 atom stereocenters. The summed E-state index contributed by atoms with van der Waals surface area (Å²) in [4.78, 5) is 16.9. The average Bonchev–Trinajstić information content (AvgIpc) is 2.70. The van der Waals surface area contributed by atoms with Gasteiger partial charge in [0.25, 0.3) is 0 Å². The molecule has 0 amide bonds. The van der Waals surface area contributed by atoms with E-state index in [1.165, 1.54) is 36.1 Å². The summed E-state index contributed by atoms with van der Waals surface area (Å²) in [6, 6.07) is 8.82. The smallest absolute Gasteiger partial charge is 0.340 e. The molecule has 0 heterocycles. The number of hydrogen-bond donors (Lipinski definition) is 0. The van der Waals surface area contributed by atoms with Gasteiger partial charge in [-0.15, -0.1) is 0 Å². The van der Waals surface area contributed by atoms with Crippen molar-refractivity contribution in [2.24, 2.45) is 4.99 Å². The Morgan fingerprint density at radius 2 is 1.73 bits per heavy atom. The van der Waals surface area contributed by atoms with E-state index < -0.39 is 15.9 Å².